The Hall–Kier alpha value is -2.55. The fourth-order valence-electron chi connectivity index (χ4n) is 1.73. The number of hydrogen-bond donors (Lipinski definition) is 2. The van der Waals surface area contributed by atoms with Crippen molar-refractivity contribution in [3.05, 3.63) is 29.8 Å². The maximum atomic E-state index is 12.2. The van der Waals surface area contributed by atoms with Crippen molar-refractivity contribution >= 4 is 17.7 Å². The Morgan fingerprint density at radius 3 is 2.38 bits per heavy atom. The van der Waals surface area contributed by atoms with Crippen molar-refractivity contribution < 1.29 is 14.7 Å². The van der Waals surface area contributed by atoms with Crippen LogP contribution in [0.4, 0.5) is 10.5 Å². The van der Waals surface area contributed by atoms with Crippen molar-refractivity contribution in [2.45, 2.75) is 32.2 Å². The second kappa shape index (κ2) is 6.75. The molecule has 0 saturated heterocycles. The van der Waals surface area contributed by atoms with E-state index in [9.17, 15) is 9.59 Å². The number of benzene rings is 1. The molecule has 112 valence electrons. The fourth-order valence-corrected chi connectivity index (χ4v) is 1.73. The number of nitrogens with one attached hydrogen (secondary N) is 1. The number of nitriles is 1. The van der Waals surface area contributed by atoms with Crippen LogP contribution < -0.4 is 10.2 Å². The number of rotatable bonds is 5. The summed E-state index contributed by atoms with van der Waals surface area (Å²) in [4.78, 5) is 24.2. The first-order valence-corrected chi connectivity index (χ1v) is 6.53. The molecule has 0 aromatic heterocycles. The van der Waals surface area contributed by atoms with Crippen LogP contribution in [0.3, 0.4) is 0 Å². The molecule has 6 heteroatoms. The van der Waals surface area contributed by atoms with Crippen LogP contribution in [0.15, 0.2) is 24.3 Å². The molecule has 0 atom stereocenters. The van der Waals surface area contributed by atoms with E-state index in [1.54, 1.807) is 45.2 Å². The average Bonchev–Trinajstić information content (AvgIpc) is 2.44. The number of aliphatic carboxylic acids is 1. The molecule has 0 aliphatic carbocycles. The zero-order valence-corrected chi connectivity index (χ0v) is 12.4. The lowest BCUT2D eigenvalue weighted by Crippen LogP contribution is -2.49. The number of anilines is 1. The first kappa shape index (κ1) is 16.5. The summed E-state index contributed by atoms with van der Waals surface area (Å²) in [5, 5.41) is 20.2. The molecule has 0 spiro atoms. The zero-order chi connectivity index (χ0) is 16.0. The lowest BCUT2D eigenvalue weighted by molar-refractivity contribution is -0.137. The maximum Gasteiger partial charge on any atom is 0.322 e. The highest BCUT2D eigenvalue weighted by Crippen LogP contribution is 2.16. The molecule has 1 aromatic carbocycles. The standard InChI is InChI=1S/C15H19N3O3/c1-15(2,9-8-13(19)20)17-14(21)18(3)12-6-4-11(10-16)5-7-12/h4-7H,8-9H2,1-3H3,(H,17,21)(H,19,20). The van der Waals surface area contributed by atoms with Gasteiger partial charge in [-0.2, -0.15) is 5.26 Å². The number of carbonyl (C=O) groups is 2. The van der Waals surface area contributed by atoms with Crippen molar-refractivity contribution in [2.75, 3.05) is 11.9 Å². The molecule has 1 aromatic rings. The summed E-state index contributed by atoms with van der Waals surface area (Å²) in [5.74, 6) is -0.891. The van der Waals surface area contributed by atoms with Gasteiger partial charge >= 0.3 is 12.0 Å². The van der Waals surface area contributed by atoms with Crippen LogP contribution in [-0.2, 0) is 4.79 Å². The van der Waals surface area contributed by atoms with Crippen LogP contribution in [0.1, 0.15) is 32.3 Å². The molecule has 0 radical (unpaired) electrons. The molecule has 0 aliphatic heterocycles. The van der Waals surface area contributed by atoms with Crippen molar-refractivity contribution in [1.29, 1.82) is 5.26 Å². The Labute approximate surface area is 124 Å². The van der Waals surface area contributed by atoms with Gasteiger partial charge in [-0.25, -0.2) is 4.79 Å². The number of carboxylic acid groups (broad SMARTS) is 1. The highest BCUT2D eigenvalue weighted by atomic mass is 16.4. The Morgan fingerprint density at radius 2 is 1.90 bits per heavy atom. The number of urea groups is 1. The lowest BCUT2D eigenvalue weighted by atomic mass is 9.99. The van der Waals surface area contributed by atoms with E-state index in [0.29, 0.717) is 17.7 Å². The van der Waals surface area contributed by atoms with Gasteiger partial charge in [0.2, 0.25) is 0 Å². The normalized spacial score (nSPS) is 10.6. The number of nitrogens with zero attached hydrogens (tertiary/aromatic N) is 2. The molecule has 2 amide bonds. The molecule has 0 heterocycles. The predicted octanol–water partition coefficient (Wildman–Crippen LogP) is 2.35. The monoisotopic (exact) mass is 289 g/mol. The number of carboxylic acids is 1. The molecule has 0 bridgehead atoms. The summed E-state index contributed by atoms with van der Waals surface area (Å²) < 4.78 is 0. The number of hydrogen-bond acceptors (Lipinski definition) is 3. The van der Waals surface area contributed by atoms with Gasteiger partial charge in [0.1, 0.15) is 0 Å². The molecule has 0 saturated carbocycles. The lowest BCUT2D eigenvalue weighted by Gasteiger charge is -2.29. The second-order valence-electron chi connectivity index (χ2n) is 5.43. The third-order valence-corrected chi connectivity index (χ3v) is 3.10. The average molecular weight is 289 g/mol. The minimum Gasteiger partial charge on any atom is -0.481 e. The van der Waals surface area contributed by atoms with E-state index in [1.165, 1.54) is 4.90 Å². The second-order valence-corrected chi connectivity index (χ2v) is 5.43. The largest absolute Gasteiger partial charge is 0.481 e. The van der Waals surface area contributed by atoms with Crippen molar-refractivity contribution in [3.8, 4) is 6.07 Å². The summed E-state index contributed by atoms with van der Waals surface area (Å²) >= 11 is 0. The summed E-state index contributed by atoms with van der Waals surface area (Å²) in [6.07, 6.45) is 0.336. The zero-order valence-electron chi connectivity index (χ0n) is 12.4. The third-order valence-electron chi connectivity index (χ3n) is 3.10. The van der Waals surface area contributed by atoms with Gasteiger partial charge in [0, 0.05) is 24.7 Å². The van der Waals surface area contributed by atoms with Crippen LogP contribution in [0.5, 0.6) is 0 Å². The molecule has 0 fully saturated rings. The van der Waals surface area contributed by atoms with E-state index in [4.69, 9.17) is 10.4 Å². The van der Waals surface area contributed by atoms with Gasteiger partial charge in [-0.3, -0.25) is 9.69 Å². The third kappa shape index (κ3) is 5.15. The minimum atomic E-state index is -0.891. The van der Waals surface area contributed by atoms with Gasteiger partial charge in [-0.05, 0) is 44.5 Å². The van der Waals surface area contributed by atoms with Crippen molar-refractivity contribution in [3.63, 3.8) is 0 Å². The van der Waals surface area contributed by atoms with Gasteiger partial charge in [0.15, 0.2) is 0 Å². The van der Waals surface area contributed by atoms with E-state index >= 15 is 0 Å². The first-order valence-electron chi connectivity index (χ1n) is 6.53. The molecule has 2 N–H and O–H groups in total. The van der Waals surface area contributed by atoms with E-state index in [0.717, 1.165) is 0 Å². The number of amides is 2. The van der Waals surface area contributed by atoms with E-state index in [-0.39, 0.29) is 12.5 Å². The minimum absolute atomic E-state index is 0.00609. The predicted molar refractivity (Wildman–Crippen MR) is 79.0 cm³/mol. The Kier molecular flexibility index (Phi) is 5.30. The van der Waals surface area contributed by atoms with Gasteiger partial charge in [0.05, 0.1) is 11.6 Å². The smallest absolute Gasteiger partial charge is 0.322 e. The molecular formula is C15H19N3O3. The van der Waals surface area contributed by atoms with Crippen molar-refractivity contribution in [1.82, 2.24) is 5.32 Å². The van der Waals surface area contributed by atoms with E-state index in [1.807, 2.05) is 6.07 Å². The molecular weight excluding hydrogens is 270 g/mol. The molecule has 0 aliphatic rings. The molecule has 0 unspecified atom stereocenters. The Bertz CT molecular complexity index is 559. The van der Waals surface area contributed by atoms with Gasteiger partial charge in [-0.1, -0.05) is 0 Å². The van der Waals surface area contributed by atoms with Crippen LogP contribution in [0.25, 0.3) is 0 Å². The van der Waals surface area contributed by atoms with Crippen molar-refractivity contribution in [2.24, 2.45) is 0 Å². The summed E-state index contributed by atoms with van der Waals surface area (Å²) in [6, 6.07) is 8.32. The summed E-state index contributed by atoms with van der Waals surface area (Å²) in [5.41, 5.74) is 0.561. The number of carbonyl (C=O) groups excluding carboxylic acids is 1. The van der Waals surface area contributed by atoms with Crippen LogP contribution >= 0.6 is 0 Å². The molecule has 1 rings (SSSR count). The SMILES string of the molecule is CN(C(=O)NC(C)(C)CCC(=O)O)c1ccc(C#N)cc1. The topological polar surface area (TPSA) is 93.4 Å². The summed E-state index contributed by atoms with van der Waals surface area (Å²) in [7, 11) is 1.62. The molecule has 6 nitrogen and oxygen atoms in total. The van der Waals surface area contributed by atoms with Crippen LogP contribution in [0.2, 0.25) is 0 Å². The highest BCUT2D eigenvalue weighted by molar-refractivity contribution is 5.91. The van der Waals surface area contributed by atoms with Gasteiger partial charge in [0.25, 0.3) is 0 Å². The highest BCUT2D eigenvalue weighted by Gasteiger charge is 2.23. The van der Waals surface area contributed by atoms with Crippen LogP contribution in [-0.4, -0.2) is 29.7 Å². The Balaban J connectivity index is 2.69. The quantitative estimate of drug-likeness (QED) is 0.870. The summed E-state index contributed by atoms with van der Waals surface area (Å²) in [6.45, 7) is 3.56. The van der Waals surface area contributed by atoms with Crippen LogP contribution in [0, 0.1) is 11.3 Å². The molecule has 21 heavy (non-hydrogen) atoms. The fraction of sp³-hybridized carbons (Fsp3) is 0.400. The van der Waals surface area contributed by atoms with Gasteiger partial charge in [-0.15, -0.1) is 0 Å². The first-order chi connectivity index (χ1) is 9.75. The van der Waals surface area contributed by atoms with E-state index < -0.39 is 11.5 Å². The van der Waals surface area contributed by atoms with E-state index in [2.05, 4.69) is 5.32 Å². The Morgan fingerprint density at radius 1 is 1.33 bits per heavy atom. The van der Waals surface area contributed by atoms with Gasteiger partial charge < -0.3 is 10.4 Å². The maximum absolute atomic E-state index is 12.2.